The van der Waals surface area contributed by atoms with Crippen LogP contribution in [0.5, 0.6) is 0 Å². The van der Waals surface area contributed by atoms with Gasteiger partial charge >= 0.3 is 0 Å². The second-order valence-corrected chi connectivity index (χ2v) is 4.48. The lowest BCUT2D eigenvalue weighted by molar-refractivity contribution is -0.117. The van der Waals surface area contributed by atoms with Crippen molar-refractivity contribution in [2.24, 2.45) is 0 Å². The Morgan fingerprint density at radius 3 is 2.50 bits per heavy atom. The topological polar surface area (TPSA) is 46.2 Å². The summed E-state index contributed by atoms with van der Waals surface area (Å²) in [7, 11) is -2.21. The number of nitrogens with one attached hydrogen (secondary N) is 1. The number of rotatable bonds is 2. The van der Waals surface area contributed by atoms with E-state index in [0.29, 0.717) is 6.42 Å². The van der Waals surface area contributed by atoms with E-state index in [1.807, 2.05) is 6.92 Å². The Kier molecular flexibility index (Phi) is 3.42. The first-order valence-electron chi connectivity index (χ1n) is 3.08. The van der Waals surface area contributed by atoms with Gasteiger partial charge in [-0.15, -0.1) is 0 Å². The molecule has 0 radical (unpaired) electrons. The first-order valence-corrected chi connectivity index (χ1v) is 5.11. The number of carbonyl (C=O) groups is 1. The van der Waals surface area contributed by atoms with Crippen LogP contribution in [0.4, 0.5) is 0 Å². The van der Waals surface area contributed by atoms with Gasteiger partial charge in [-0.2, -0.15) is 0 Å². The van der Waals surface area contributed by atoms with Gasteiger partial charge in [-0.3, -0.25) is 9.52 Å². The highest BCUT2D eigenvalue weighted by molar-refractivity contribution is 7.99. The number of hydrogen-bond donors (Lipinski definition) is 1. The Morgan fingerprint density at radius 1 is 1.70 bits per heavy atom. The Labute approximate surface area is 62.0 Å². The molecule has 1 unspecified atom stereocenters. The monoisotopic (exact) mass is 163 g/mol. The van der Waals surface area contributed by atoms with Gasteiger partial charge in [-0.1, -0.05) is 6.92 Å². The molecule has 0 aromatic carbocycles. The molecular weight excluding hydrogens is 150 g/mol. The third-order valence-corrected chi connectivity index (χ3v) is 2.49. The van der Waals surface area contributed by atoms with Crippen molar-refractivity contribution in [2.75, 3.05) is 6.26 Å². The maximum Gasteiger partial charge on any atom is 0.228 e. The van der Waals surface area contributed by atoms with E-state index in [4.69, 9.17) is 0 Å². The van der Waals surface area contributed by atoms with E-state index in [-0.39, 0.29) is 5.91 Å². The van der Waals surface area contributed by atoms with Gasteiger partial charge in [0.25, 0.3) is 0 Å². The van der Waals surface area contributed by atoms with Crippen molar-refractivity contribution < 1.29 is 9.00 Å². The smallest absolute Gasteiger partial charge is 0.228 e. The van der Waals surface area contributed by atoms with E-state index in [0.717, 1.165) is 0 Å². The van der Waals surface area contributed by atoms with Gasteiger partial charge in [-0.05, 0) is 11.8 Å². The summed E-state index contributed by atoms with van der Waals surface area (Å²) in [6.45, 7) is 3.23. The Hall–Kier alpha value is -0.510. The molecule has 10 heavy (non-hydrogen) atoms. The molecular formula is C6H13NO2S. The third-order valence-electron chi connectivity index (χ3n) is 0.831. The SMILES string of the molecule is CCC=S(C)(=O)NC(C)=O. The van der Waals surface area contributed by atoms with E-state index < -0.39 is 9.71 Å². The quantitative estimate of drug-likeness (QED) is 0.590. The Bertz CT molecular complexity index is 226. The van der Waals surface area contributed by atoms with Crippen LogP contribution in [-0.2, 0) is 14.5 Å². The molecule has 0 bridgehead atoms. The van der Waals surface area contributed by atoms with Gasteiger partial charge in [0.1, 0.15) is 0 Å². The lowest BCUT2D eigenvalue weighted by Crippen LogP contribution is -2.28. The predicted octanol–water partition coefficient (Wildman–Crippen LogP) is 0.164. The number of carbonyl (C=O) groups excluding carboxylic acids is 1. The fourth-order valence-corrected chi connectivity index (χ4v) is 1.94. The van der Waals surface area contributed by atoms with Crippen molar-refractivity contribution in [3.05, 3.63) is 0 Å². The first-order chi connectivity index (χ1) is 4.48. The summed E-state index contributed by atoms with van der Waals surface area (Å²) in [5.74, 6) is -0.253. The highest BCUT2D eigenvalue weighted by Gasteiger charge is 1.97. The zero-order valence-corrected chi connectivity index (χ0v) is 7.33. The minimum atomic E-state index is -2.21. The molecule has 4 heteroatoms. The summed E-state index contributed by atoms with van der Waals surface area (Å²) in [6, 6.07) is 0. The summed E-state index contributed by atoms with van der Waals surface area (Å²) >= 11 is 0. The molecule has 0 aliphatic heterocycles. The molecule has 0 spiro atoms. The largest absolute Gasteiger partial charge is 0.283 e. The van der Waals surface area contributed by atoms with E-state index >= 15 is 0 Å². The molecule has 1 N–H and O–H groups in total. The summed E-state index contributed by atoms with van der Waals surface area (Å²) in [4.78, 5) is 10.4. The van der Waals surface area contributed by atoms with Crippen molar-refractivity contribution >= 4 is 21.0 Å². The maximum absolute atomic E-state index is 11.2. The molecule has 1 amide bonds. The van der Waals surface area contributed by atoms with Crippen LogP contribution in [0, 0.1) is 0 Å². The molecule has 0 heterocycles. The molecule has 1 atom stereocenters. The van der Waals surface area contributed by atoms with E-state index in [2.05, 4.69) is 4.72 Å². The molecule has 60 valence electrons. The predicted molar refractivity (Wildman–Crippen MR) is 44.2 cm³/mol. The molecule has 0 aliphatic rings. The fourth-order valence-electron chi connectivity index (χ4n) is 0.645. The van der Waals surface area contributed by atoms with Crippen LogP contribution >= 0.6 is 0 Å². The lowest BCUT2D eigenvalue weighted by atomic mass is 10.6. The maximum atomic E-state index is 11.2. The van der Waals surface area contributed by atoms with Crippen LogP contribution in [0.15, 0.2) is 0 Å². The zero-order chi connectivity index (χ0) is 8.20. The van der Waals surface area contributed by atoms with Crippen LogP contribution in [0.25, 0.3) is 0 Å². The standard InChI is InChI=1S/C6H13NO2S/c1-4-5-10(3,9)7-6(2)8/h5H,4H2,1-3H3,(H,7,8,9). The van der Waals surface area contributed by atoms with Crippen LogP contribution in [-0.4, -0.2) is 21.7 Å². The molecule has 0 aromatic rings. The van der Waals surface area contributed by atoms with E-state index in [1.54, 1.807) is 5.37 Å². The molecule has 3 nitrogen and oxygen atoms in total. The van der Waals surface area contributed by atoms with Gasteiger partial charge in [-0.25, -0.2) is 4.21 Å². The summed E-state index contributed by atoms with van der Waals surface area (Å²) in [5, 5.41) is 1.61. The number of amides is 1. The van der Waals surface area contributed by atoms with E-state index in [9.17, 15) is 9.00 Å². The molecule has 0 rings (SSSR count). The average Bonchev–Trinajstić information content (AvgIpc) is 1.59. The fraction of sp³-hybridized carbons (Fsp3) is 0.667. The minimum Gasteiger partial charge on any atom is -0.283 e. The summed E-state index contributed by atoms with van der Waals surface area (Å²) in [6.07, 6.45) is 2.22. The molecule has 0 saturated heterocycles. The van der Waals surface area contributed by atoms with Gasteiger partial charge < -0.3 is 0 Å². The average molecular weight is 163 g/mol. The summed E-state index contributed by atoms with van der Waals surface area (Å²) in [5.41, 5.74) is 0. The highest BCUT2D eigenvalue weighted by Crippen LogP contribution is 1.79. The third kappa shape index (κ3) is 4.38. The van der Waals surface area contributed by atoms with Gasteiger partial charge in [0.15, 0.2) is 0 Å². The van der Waals surface area contributed by atoms with Crippen molar-refractivity contribution in [1.82, 2.24) is 4.72 Å². The van der Waals surface area contributed by atoms with Crippen molar-refractivity contribution in [1.29, 1.82) is 0 Å². The van der Waals surface area contributed by atoms with Crippen molar-refractivity contribution in [3.8, 4) is 0 Å². The van der Waals surface area contributed by atoms with Gasteiger partial charge in [0, 0.05) is 22.9 Å². The second-order valence-electron chi connectivity index (χ2n) is 2.14. The first kappa shape index (κ1) is 9.49. The Balaban J connectivity index is 4.29. The molecule has 0 aromatic heterocycles. The normalized spacial score (nSPS) is 15.5. The van der Waals surface area contributed by atoms with Gasteiger partial charge in [0.2, 0.25) is 5.91 Å². The molecule has 0 fully saturated rings. The van der Waals surface area contributed by atoms with E-state index in [1.165, 1.54) is 13.2 Å². The minimum absolute atomic E-state index is 0.253. The lowest BCUT2D eigenvalue weighted by Gasteiger charge is -2.03. The second kappa shape index (κ2) is 3.61. The highest BCUT2D eigenvalue weighted by atomic mass is 32.2. The van der Waals surface area contributed by atoms with Crippen LogP contribution < -0.4 is 4.72 Å². The summed E-state index contributed by atoms with van der Waals surface area (Å²) < 4.78 is 13.6. The number of hydrogen-bond acceptors (Lipinski definition) is 2. The Morgan fingerprint density at radius 2 is 2.20 bits per heavy atom. The van der Waals surface area contributed by atoms with Gasteiger partial charge in [0.05, 0.1) is 0 Å². The zero-order valence-electron chi connectivity index (χ0n) is 6.51. The van der Waals surface area contributed by atoms with Crippen LogP contribution in [0.1, 0.15) is 20.3 Å². The van der Waals surface area contributed by atoms with Crippen LogP contribution in [0.3, 0.4) is 0 Å². The van der Waals surface area contributed by atoms with Crippen molar-refractivity contribution in [3.63, 3.8) is 0 Å². The van der Waals surface area contributed by atoms with Crippen LogP contribution in [0.2, 0.25) is 0 Å². The molecule has 0 saturated carbocycles. The van der Waals surface area contributed by atoms with Crippen molar-refractivity contribution in [2.45, 2.75) is 20.3 Å². The molecule has 0 aliphatic carbocycles.